The molecule has 149 heavy (non-hydrogen) atoms. The maximum atomic E-state index is 12.7. The molecule has 23 nitrogen and oxygen atoms in total. The van der Waals surface area contributed by atoms with E-state index in [0.717, 1.165) is 99.2 Å². The summed E-state index contributed by atoms with van der Waals surface area (Å²) in [7, 11) is -4.69. The minimum Gasteiger partial charge on any atom is -0.478 e. The van der Waals surface area contributed by atoms with Crippen LogP contribution in [0.1, 0.15) is 294 Å². The fourth-order valence-electron chi connectivity index (χ4n) is 11.9. The maximum absolute atomic E-state index is 12.7. The molecule has 0 spiro atoms. The van der Waals surface area contributed by atoms with Crippen molar-refractivity contribution in [2.45, 2.75) is 258 Å². The second kappa shape index (κ2) is 74.0. The summed E-state index contributed by atoms with van der Waals surface area (Å²) in [5, 5.41) is 20.7. The first kappa shape index (κ1) is 136. The number of ether oxygens (including phenoxy) is 1. The molecular formula is C121H162KN13O10S4. The number of pyridine rings is 7. The monoisotopic (exact) mass is 2120 g/mol. The van der Waals surface area contributed by atoms with E-state index in [1.54, 1.807) is 30.8 Å². The molecule has 14 rings (SSSR count). The van der Waals surface area contributed by atoms with Crippen LogP contribution in [0.4, 0.5) is 0 Å². The Kier molecular flexibility index (Phi) is 67.5. The number of carboxylic acid groups (broad SMARTS) is 2. The van der Waals surface area contributed by atoms with Crippen molar-refractivity contribution < 1.29 is 97.6 Å². The van der Waals surface area contributed by atoms with E-state index in [0.29, 0.717) is 24.0 Å². The second-order valence-electron chi connectivity index (χ2n) is 39.9. The number of nitrogens with one attached hydrogen (secondary N) is 1. The summed E-state index contributed by atoms with van der Waals surface area (Å²) in [6.45, 7) is 52.5. The van der Waals surface area contributed by atoms with E-state index >= 15 is 0 Å². The van der Waals surface area contributed by atoms with Crippen LogP contribution in [0.3, 0.4) is 0 Å². The standard InChI is InChI=1S/C19H26N2OS.2C15H18N2.2C11H15NOS.2C8H11N.C8H10N.C7H9N.C7H6O.C4H11NOS.C4H4O4.C4H8O.K/c1-18(2,3)23(22)21-17(15-11-7-6-8-12-15)19(4,5)16-13-9-10-14-20-16;2*1-15(2,13-10-6-7-11-17-13)14(16)12-8-4-3-5-9-12;2*1-11(2,3)14(13)12-9-10-7-5-4-6-8-10;3*1-7(2)8-5-3-4-6-9-8;1-2-7-5-3-4-6-8-7;8-6-7-4-2-1-3-5-7;1-4(2,3)7(5)6;5-3(6)1-2-4(7)8;1-2-4-5-3-1;/h6-14,17,21H,1-5H3;2*3-11,14H,16H2,1-2H3;2*4-9H,1-3H3;2*3-7H,1-2H3;3-6H,1-2H3;3-6H,2H2,1H3;1-6H;5H2,1-3H3;1-2H,(H,5,6)(H,7,8);1-4H2;/q;;;;;;;-1;;;;;;+1/b;;;;;;;;;;;2-1+;;/t17-,23+;4*14-;;;;;;7-;;;/m00011.....1.../s1. The molecule has 1 saturated heterocycles. The molecule has 7 atom stereocenters. The number of aryl methyl sites for hydroxylation is 1. The van der Waals surface area contributed by atoms with Gasteiger partial charge in [-0.3, -0.25) is 44.8 Å². The van der Waals surface area contributed by atoms with Crippen LogP contribution in [0.2, 0.25) is 0 Å². The van der Waals surface area contributed by atoms with Crippen LogP contribution in [0, 0.1) is 5.92 Å². The van der Waals surface area contributed by atoms with Crippen molar-refractivity contribution in [3.63, 3.8) is 0 Å². The Morgan fingerprint density at radius 1 is 0.389 bits per heavy atom. The number of aldehydes is 1. The van der Waals surface area contributed by atoms with Gasteiger partial charge in [-0.2, -0.15) is 20.8 Å². The molecule has 9 N–H and O–H groups in total. The van der Waals surface area contributed by atoms with Gasteiger partial charge in [-0.15, -0.1) is 19.9 Å². The van der Waals surface area contributed by atoms with Crippen LogP contribution >= 0.6 is 0 Å². The molecule has 0 bridgehead atoms. The summed E-state index contributed by atoms with van der Waals surface area (Å²) in [6.07, 6.45) is 21.6. The van der Waals surface area contributed by atoms with Crippen molar-refractivity contribution in [2.75, 3.05) is 13.2 Å². The van der Waals surface area contributed by atoms with Crippen LogP contribution in [0.15, 0.2) is 374 Å². The summed E-state index contributed by atoms with van der Waals surface area (Å²) >= 11 is 0. The van der Waals surface area contributed by atoms with Gasteiger partial charge >= 0.3 is 63.3 Å². The predicted octanol–water partition coefficient (Wildman–Crippen LogP) is 22.9. The number of aromatic nitrogens is 7. The number of nitrogens with two attached hydrogens (primary N) is 3. The number of carboxylic acids is 2. The van der Waals surface area contributed by atoms with Gasteiger partial charge in [0.2, 0.25) is 0 Å². The summed E-state index contributed by atoms with van der Waals surface area (Å²) in [4.78, 5) is 59.1. The van der Waals surface area contributed by atoms with E-state index in [-0.39, 0.29) is 105 Å². The van der Waals surface area contributed by atoms with Crippen molar-refractivity contribution in [1.29, 1.82) is 0 Å². The summed E-state index contributed by atoms with van der Waals surface area (Å²) in [6, 6.07) is 100. The Morgan fingerprint density at radius 3 is 0.893 bits per heavy atom. The van der Waals surface area contributed by atoms with E-state index in [1.165, 1.54) is 18.8 Å². The van der Waals surface area contributed by atoms with E-state index in [1.807, 2.05) is 381 Å². The molecule has 0 unspecified atom stereocenters. The zero-order chi connectivity index (χ0) is 111. The van der Waals surface area contributed by atoms with Crippen molar-refractivity contribution in [1.82, 2.24) is 39.6 Å². The third-order valence-corrected chi connectivity index (χ3v) is 26.7. The largest absolute Gasteiger partial charge is 1.00 e. The summed E-state index contributed by atoms with van der Waals surface area (Å²) in [5.41, 5.74) is 25.7. The molecular weight excluding hydrogens is 1960 g/mol. The number of nitrogens with zero attached hydrogens (tertiary/aromatic N) is 9. The Hall–Kier alpha value is -11.0. The average Bonchev–Trinajstić information content (AvgIpc) is 1.09. The van der Waals surface area contributed by atoms with E-state index < -0.39 is 55.9 Å². The molecule has 7 aromatic heterocycles. The maximum Gasteiger partial charge on any atom is 1.00 e. The molecule has 28 heteroatoms. The normalized spacial score (nSPS) is 12.9. The fraction of sp³-hybridized carbons (Fsp3) is 0.347. The number of hydrogen-bond acceptors (Lipinski definition) is 17. The molecule has 1 fully saturated rings. The zero-order valence-corrected chi connectivity index (χ0v) is 98.7. The molecule has 0 amide bonds. The summed E-state index contributed by atoms with van der Waals surface area (Å²) < 4.78 is 61.3. The van der Waals surface area contributed by atoms with Gasteiger partial charge in [-0.05, 0) is 215 Å². The first-order valence-electron chi connectivity index (χ1n) is 49.2. The van der Waals surface area contributed by atoms with Gasteiger partial charge in [-0.25, -0.2) is 31.1 Å². The zero-order valence-electron chi connectivity index (χ0n) is 92.3. The Bertz CT molecular complexity index is 5600. The summed E-state index contributed by atoms with van der Waals surface area (Å²) in [5.74, 6) is -0.159. The molecule has 6 aromatic carbocycles. The van der Waals surface area contributed by atoms with Gasteiger partial charge in [0, 0.05) is 149 Å². The smallest absolute Gasteiger partial charge is 0.478 e. The minimum absolute atomic E-state index is 0. The first-order chi connectivity index (χ1) is 69.8. The first-order valence-corrected chi connectivity index (χ1v) is 53.8. The predicted molar refractivity (Wildman–Crippen MR) is 619 cm³/mol. The number of carbonyl (C=O) groups is 3. The molecule has 0 saturated carbocycles. The van der Waals surface area contributed by atoms with Crippen LogP contribution in [0.5, 0.6) is 0 Å². The van der Waals surface area contributed by atoms with Crippen LogP contribution < -0.4 is 72.7 Å². The molecule has 1 aliphatic rings. The van der Waals surface area contributed by atoms with Crippen LogP contribution in [-0.4, -0.2) is 125 Å². The minimum atomic E-state index is -1.26. The molecule has 13 aromatic rings. The molecule has 0 aliphatic carbocycles. The van der Waals surface area contributed by atoms with Gasteiger partial charge in [0.15, 0.2) is 0 Å². The number of rotatable bonds is 22. The fourth-order valence-corrected chi connectivity index (χ4v) is 14.0. The number of aliphatic carboxylic acids is 2. The van der Waals surface area contributed by atoms with Crippen molar-refractivity contribution >= 4 is 74.6 Å². The Balaban J connectivity index is 0.000000822. The number of benzene rings is 6. The molecule has 0 radical (unpaired) electrons. The molecule has 1 aliphatic heterocycles. The van der Waals surface area contributed by atoms with Gasteiger partial charge < -0.3 is 26.4 Å². The van der Waals surface area contributed by atoms with Crippen LogP contribution in [-0.2, 0) is 80.9 Å². The van der Waals surface area contributed by atoms with E-state index in [4.69, 9.17) is 31.6 Å². The SMILES string of the molecule is C1CCOC1.CC(C)(C)[S@@](=O)N=Cc1ccccc1.CC(C)(C)[S@@](=O)N=Cc1ccccc1.CC(C)(C)[S@](N)=O.CC(C)(c1ccccn1)[C@@H](N)c1ccccc1.CC(C)(c1ccccn1)[C@@H](N)c1ccccc1.CC(C)(c1ccccn1)[C@@H](N[S@](=O)C(C)(C)C)c1ccccc1.CC(C)c1ccccn1.CC(C)c1ccccn1.CCc1ccccn1.C[C-](C)c1ccccn1.O=C(O)/C=C/C(=O)O.O=Cc1ccccc1.[K+]. The van der Waals surface area contributed by atoms with Gasteiger partial charge in [0.05, 0.1) is 47.0 Å². The molecule has 8 heterocycles. The van der Waals surface area contributed by atoms with Crippen molar-refractivity contribution in [2.24, 2.45) is 25.4 Å². The van der Waals surface area contributed by atoms with E-state index in [9.17, 15) is 31.2 Å². The van der Waals surface area contributed by atoms with Gasteiger partial charge in [-0.1, -0.05) is 306 Å². The average molecular weight is 2130 g/mol. The Morgan fingerprint density at radius 2 is 0.678 bits per heavy atom. The number of hydrogen-bond donors (Lipinski definition) is 6. The van der Waals surface area contributed by atoms with Crippen LogP contribution in [0.25, 0.3) is 0 Å². The quantitative estimate of drug-likeness (QED) is 0.0121. The third kappa shape index (κ3) is 59.4. The second-order valence-corrected chi connectivity index (χ2v) is 47.6. The number of carbonyl (C=O) groups excluding carboxylic acids is 1. The van der Waals surface area contributed by atoms with E-state index in [2.05, 4.69) is 175 Å². The Labute approximate surface area is 943 Å². The van der Waals surface area contributed by atoms with Crippen molar-refractivity contribution in [3.05, 3.63) is 444 Å². The van der Waals surface area contributed by atoms with Gasteiger partial charge in [0.1, 0.15) is 28.3 Å². The topological polar surface area (TPSA) is 374 Å². The molecule has 796 valence electrons. The van der Waals surface area contributed by atoms with Crippen molar-refractivity contribution in [3.8, 4) is 0 Å². The third-order valence-electron chi connectivity index (χ3n) is 21.3. The van der Waals surface area contributed by atoms with Gasteiger partial charge in [0.25, 0.3) is 0 Å².